The quantitative estimate of drug-likeness (QED) is 0.812. The van der Waals surface area contributed by atoms with Crippen molar-refractivity contribution in [2.45, 2.75) is 38.6 Å². The minimum atomic E-state index is -1.01. The first kappa shape index (κ1) is 14.2. The molecule has 0 spiro atoms. The summed E-state index contributed by atoms with van der Waals surface area (Å²) in [5.41, 5.74) is 1.19. The van der Waals surface area contributed by atoms with Gasteiger partial charge in [-0.3, -0.25) is 9.59 Å². The fraction of sp³-hybridized carbons (Fsp3) is 0.429. The average Bonchev–Trinajstić information content (AvgIpc) is 2.36. The number of carbonyl (C=O) groups excluding carboxylic acids is 1. The summed E-state index contributed by atoms with van der Waals surface area (Å²) < 4.78 is 0. The van der Waals surface area contributed by atoms with Gasteiger partial charge in [-0.25, -0.2) is 0 Å². The molecule has 1 rings (SSSR count). The maximum atomic E-state index is 11.5. The maximum absolute atomic E-state index is 11.5. The van der Waals surface area contributed by atoms with Crippen molar-refractivity contribution in [3.8, 4) is 0 Å². The molecule has 18 heavy (non-hydrogen) atoms. The summed E-state index contributed by atoms with van der Waals surface area (Å²) in [6, 6.07) is 9.13. The predicted molar refractivity (Wildman–Crippen MR) is 69.3 cm³/mol. The number of amides is 1. The van der Waals surface area contributed by atoms with Crippen molar-refractivity contribution in [2.24, 2.45) is 0 Å². The molecule has 0 saturated heterocycles. The highest BCUT2D eigenvalue weighted by molar-refractivity contribution is 5.83. The third-order valence-electron chi connectivity index (χ3n) is 2.92. The van der Waals surface area contributed by atoms with Crippen LogP contribution in [0.15, 0.2) is 30.3 Å². The number of carboxylic acid groups (broad SMARTS) is 1. The number of carbonyl (C=O) groups is 2. The van der Waals surface area contributed by atoms with Crippen LogP contribution in [0.25, 0.3) is 0 Å². The first-order valence-corrected chi connectivity index (χ1v) is 6.08. The Balaban J connectivity index is 2.37. The van der Waals surface area contributed by atoms with Crippen LogP contribution in [0.4, 0.5) is 0 Å². The van der Waals surface area contributed by atoms with E-state index >= 15 is 0 Å². The lowest BCUT2D eigenvalue weighted by Crippen LogP contribution is -2.38. The summed E-state index contributed by atoms with van der Waals surface area (Å²) in [6.45, 7) is 3.52. The van der Waals surface area contributed by atoms with E-state index in [0.29, 0.717) is 12.8 Å². The number of carboxylic acids is 1. The van der Waals surface area contributed by atoms with Crippen molar-refractivity contribution >= 4 is 11.9 Å². The maximum Gasteiger partial charge on any atom is 0.325 e. The number of benzene rings is 1. The fourth-order valence-electron chi connectivity index (χ4n) is 1.67. The molecule has 4 heteroatoms. The van der Waals surface area contributed by atoms with Crippen LogP contribution >= 0.6 is 0 Å². The Hall–Kier alpha value is -1.84. The molecule has 0 saturated carbocycles. The second-order valence-electron chi connectivity index (χ2n) is 4.48. The molecule has 1 amide bonds. The summed E-state index contributed by atoms with van der Waals surface area (Å²) in [5.74, 6) is -0.941. The largest absolute Gasteiger partial charge is 0.480 e. The van der Waals surface area contributed by atoms with E-state index in [-0.39, 0.29) is 11.8 Å². The van der Waals surface area contributed by atoms with E-state index in [1.54, 1.807) is 0 Å². The van der Waals surface area contributed by atoms with Gasteiger partial charge in [0.1, 0.15) is 6.04 Å². The smallest absolute Gasteiger partial charge is 0.325 e. The predicted octanol–water partition coefficient (Wildman–Crippen LogP) is 2.16. The van der Waals surface area contributed by atoms with E-state index < -0.39 is 12.0 Å². The minimum absolute atomic E-state index is 0.215. The molecule has 0 aliphatic rings. The Kier molecular flexibility index (Phi) is 5.36. The SMILES string of the molecule is CC(CCC(=O)N[C@H](C)C(=O)O)c1ccccc1. The summed E-state index contributed by atoms with van der Waals surface area (Å²) in [5, 5.41) is 11.1. The van der Waals surface area contributed by atoms with Crippen LogP contribution in [0.3, 0.4) is 0 Å². The Morgan fingerprint density at radius 1 is 1.22 bits per heavy atom. The molecule has 0 fully saturated rings. The highest BCUT2D eigenvalue weighted by atomic mass is 16.4. The second-order valence-corrected chi connectivity index (χ2v) is 4.48. The van der Waals surface area contributed by atoms with Gasteiger partial charge in [0.15, 0.2) is 0 Å². The topological polar surface area (TPSA) is 66.4 Å². The zero-order valence-corrected chi connectivity index (χ0v) is 10.7. The Labute approximate surface area is 107 Å². The number of aliphatic carboxylic acids is 1. The normalized spacial score (nSPS) is 13.7. The van der Waals surface area contributed by atoms with Gasteiger partial charge in [-0.15, -0.1) is 0 Å². The van der Waals surface area contributed by atoms with Crippen LogP contribution in [0.1, 0.15) is 38.2 Å². The molecule has 98 valence electrons. The highest BCUT2D eigenvalue weighted by Gasteiger charge is 2.14. The number of hydrogen-bond acceptors (Lipinski definition) is 2. The summed E-state index contributed by atoms with van der Waals surface area (Å²) >= 11 is 0. The molecule has 2 atom stereocenters. The third-order valence-corrected chi connectivity index (χ3v) is 2.92. The van der Waals surface area contributed by atoms with E-state index in [1.165, 1.54) is 12.5 Å². The number of rotatable bonds is 6. The van der Waals surface area contributed by atoms with Gasteiger partial charge in [0.2, 0.25) is 5.91 Å². The highest BCUT2D eigenvalue weighted by Crippen LogP contribution is 2.19. The van der Waals surface area contributed by atoms with E-state index in [2.05, 4.69) is 12.2 Å². The fourth-order valence-corrected chi connectivity index (χ4v) is 1.67. The Bertz CT molecular complexity index is 403. The van der Waals surface area contributed by atoms with E-state index in [4.69, 9.17) is 5.11 Å². The summed E-state index contributed by atoms with van der Waals surface area (Å²) in [7, 11) is 0. The molecule has 0 heterocycles. The zero-order valence-electron chi connectivity index (χ0n) is 10.7. The van der Waals surface area contributed by atoms with E-state index in [0.717, 1.165) is 0 Å². The number of hydrogen-bond donors (Lipinski definition) is 2. The summed E-state index contributed by atoms with van der Waals surface area (Å²) in [6.07, 6.45) is 1.05. The molecular weight excluding hydrogens is 230 g/mol. The van der Waals surface area contributed by atoms with Crippen molar-refractivity contribution in [3.63, 3.8) is 0 Å². The lowest BCUT2D eigenvalue weighted by Gasteiger charge is -2.13. The van der Waals surface area contributed by atoms with Crippen LogP contribution in [-0.4, -0.2) is 23.0 Å². The van der Waals surface area contributed by atoms with Gasteiger partial charge in [0.25, 0.3) is 0 Å². The second kappa shape index (κ2) is 6.79. The van der Waals surface area contributed by atoms with Gasteiger partial charge in [-0.1, -0.05) is 37.3 Å². The van der Waals surface area contributed by atoms with Crippen molar-refractivity contribution in [2.75, 3.05) is 0 Å². The molecule has 0 aromatic heterocycles. The molecule has 0 aliphatic carbocycles. The Morgan fingerprint density at radius 3 is 2.39 bits per heavy atom. The van der Waals surface area contributed by atoms with E-state index in [9.17, 15) is 9.59 Å². The van der Waals surface area contributed by atoms with Gasteiger partial charge in [0.05, 0.1) is 0 Å². The van der Waals surface area contributed by atoms with Crippen LogP contribution in [0.5, 0.6) is 0 Å². The van der Waals surface area contributed by atoms with E-state index in [1.807, 2.05) is 30.3 Å². The van der Waals surface area contributed by atoms with Gasteiger partial charge < -0.3 is 10.4 Å². The van der Waals surface area contributed by atoms with Crippen molar-refractivity contribution in [1.29, 1.82) is 0 Å². The molecular formula is C14H19NO3. The van der Waals surface area contributed by atoms with Crippen LogP contribution in [0, 0.1) is 0 Å². The first-order valence-electron chi connectivity index (χ1n) is 6.08. The van der Waals surface area contributed by atoms with Crippen molar-refractivity contribution in [3.05, 3.63) is 35.9 Å². The zero-order chi connectivity index (χ0) is 13.5. The average molecular weight is 249 g/mol. The first-order chi connectivity index (χ1) is 8.50. The van der Waals surface area contributed by atoms with Gasteiger partial charge in [0, 0.05) is 6.42 Å². The van der Waals surface area contributed by atoms with Crippen LogP contribution in [0.2, 0.25) is 0 Å². The molecule has 0 radical (unpaired) electrons. The van der Waals surface area contributed by atoms with Crippen LogP contribution < -0.4 is 5.32 Å². The van der Waals surface area contributed by atoms with Crippen LogP contribution in [-0.2, 0) is 9.59 Å². The lowest BCUT2D eigenvalue weighted by atomic mass is 9.96. The van der Waals surface area contributed by atoms with Gasteiger partial charge in [-0.05, 0) is 24.8 Å². The monoisotopic (exact) mass is 249 g/mol. The molecule has 1 aromatic carbocycles. The molecule has 0 bridgehead atoms. The van der Waals surface area contributed by atoms with Gasteiger partial charge in [-0.2, -0.15) is 0 Å². The minimum Gasteiger partial charge on any atom is -0.480 e. The summed E-state index contributed by atoms with van der Waals surface area (Å²) in [4.78, 5) is 22.1. The molecule has 1 unspecified atom stereocenters. The van der Waals surface area contributed by atoms with Crippen molar-refractivity contribution in [1.82, 2.24) is 5.32 Å². The standard InChI is InChI=1S/C14H19NO3/c1-10(12-6-4-3-5-7-12)8-9-13(16)15-11(2)14(17)18/h3-7,10-11H,8-9H2,1-2H3,(H,15,16)(H,17,18)/t10?,11-/m1/s1. The van der Waals surface area contributed by atoms with Crippen molar-refractivity contribution < 1.29 is 14.7 Å². The number of nitrogens with one attached hydrogen (secondary N) is 1. The molecule has 0 aliphatic heterocycles. The molecule has 2 N–H and O–H groups in total. The molecule has 4 nitrogen and oxygen atoms in total. The third kappa shape index (κ3) is 4.57. The Morgan fingerprint density at radius 2 is 1.83 bits per heavy atom. The lowest BCUT2D eigenvalue weighted by molar-refractivity contribution is -0.141. The molecule has 1 aromatic rings. The van der Waals surface area contributed by atoms with Gasteiger partial charge >= 0.3 is 5.97 Å².